The molecule has 2 aromatic carbocycles. The predicted octanol–water partition coefficient (Wildman–Crippen LogP) is 5.80. The number of thiophene rings is 1. The number of benzene rings is 2. The first kappa shape index (κ1) is 27.0. The summed E-state index contributed by atoms with van der Waals surface area (Å²) in [6.45, 7) is 0. The number of ketones is 1. The largest absolute Gasteiger partial charge is 0.468 e. The van der Waals surface area contributed by atoms with Gasteiger partial charge in [0.2, 0.25) is 0 Å². The molecule has 0 bridgehead atoms. The van der Waals surface area contributed by atoms with Crippen LogP contribution in [0.2, 0.25) is 10.0 Å². The second-order valence-corrected chi connectivity index (χ2v) is 11.0. The van der Waals surface area contributed by atoms with Crippen molar-refractivity contribution in [3.05, 3.63) is 109 Å². The minimum absolute atomic E-state index is 0.0879. The van der Waals surface area contributed by atoms with Crippen LogP contribution in [0.15, 0.2) is 88.7 Å². The van der Waals surface area contributed by atoms with Gasteiger partial charge in [-0.05, 0) is 41.6 Å². The number of Topliss-reactive ketones (excluding diaryl/α,β-unsaturated/α-hetero) is 1. The van der Waals surface area contributed by atoms with Crippen molar-refractivity contribution in [3.8, 4) is 0 Å². The first-order valence-electron chi connectivity index (χ1n) is 12.0. The molecule has 0 fully saturated rings. The molecule has 2 N–H and O–H groups in total. The lowest BCUT2D eigenvalue weighted by Gasteiger charge is -2.43. The molecule has 0 radical (unpaired) electrons. The van der Waals surface area contributed by atoms with E-state index in [1.807, 2.05) is 47.8 Å². The summed E-state index contributed by atoms with van der Waals surface area (Å²) in [4.78, 5) is 43.3. The van der Waals surface area contributed by atoms with Crippen LogP contribution < -0.4 is 10.6 Å². The van der Waals surface area contributed by atoms with Gasteiger partial charge >= 0.3 is 11.9 Å². The number of carbonyl (C=O) groups excluding carboxylic acids is 3. The standard InChI is InChI=1S/C29H24Cl2N2O5S/c1-37-28(35)22-19(15-7-4-3-5-8-15)14-20-23(26(22)34)24(21-9-6-10-39-21)25(29(36)38-2)27(32)33(20)18-12-16(30)11-17(31)13-18/h3-13,19,22,24H,14,32H2,1-2H3/t19-,22+,24+/m1/s1. The number of methoxy groups -OCH3 is 2. The van der Waals surface area contributed by atoms with E-state index in [1.54, 1.807) is 23.1 Å². The minimum atomic E-state index is -1.12. The number of nitrogens with two attached hydrogens (primary N) is 1. The Morgan fingerprint density at radius 3 is 2.28 bits per heavy atom. The number of esters is 2. The number of hydrogen-bond donors (Lipinski definition) is 1. The number of ether oxygens (including phenoxy) is 2. The third-order valence-corrected chi connectivity index (χ3v) is 8.43. The van der Waals surface area contributed by atoms with Gasteiger partial charge in [-0.25, -0.2) is 4.79 Å². The molecule has 2 aliphatic rings. The van der Waals surface area contributed by atoms with Crippen LogP contribution in [0.4, 0.5) is 5.69 Å². The van der Waals surface area contributed by atoms with Crippen molar-refractivity contribution < 1.29 is 23.9 Å². The number of halogens is 2. The second-order valence-electron chi connectivity index (χ2n) is 9.15. The van der Waals surface area contributed by atoms with E-state index < -0.39 is 35.5 Å². The molecule has 2 heterocycles. The molecule has 200 valence electrons. The molecule has 0 saturated carbocycles. The van der Waals surface area contributed by atoms with E-state index >= 15 is 0 Å². The summed E-state index contributed by atoms with van der Waals surface area (Å²) in [5.74, 6) is -4.20. The average Bonchev–Trinajstić information content (AvgIpc) is 3.46. The summed E-state index contributed by atoms with van der Waals surface area (Å²) < 4.78 is 10.3. The highest BCUT2D eigenvalue weighted by molar-refractivity contribution is 7.10. The zero-order valence-corrected chi connectivity index (χ0v) is 23.3. The van der Waals surface area contributed by atoms with Crippen LogP contribution in [0.3, 0.4) is 0 Å². The summed E-state index contributed by atoms with van der Waals surface area (Å²) in [5.41, 5.74) is 8.96. The summed E-state index contributed by atoms with van der Waals surface area (Å²) in [7, 11) is 2.52. The van der Waals surface area contributed by atoms with Crippen molar-refractivity contribution >= 4 is 57.9 Å². The van der Waals surface area contributed by atoms with Gasteiger partial charge < -0.3 is 15.2 Å². The van der Waals surface area contributed by atoms with E-state index in [0.29, 0.717) is 26.3 Å². The highest BCUT2D eigenvalue weighted by Gasteiger charge is 2.51. The number of hydrogen-bond acceptors (Lipinski definition) is 8. The number of nitrogens with zero attached hydrogens (tertiary/aromatic N) is 1. The van der Waals surface area contributed by atoms with Crippen molar-refractivity contribution in [1.82, 2.24) is 0 Å². The average molecular weight is 583 g/mol. The molecule has 1 aromatic heterocycles. The van der Waals surface area contributed by atoms with Gasteiger partial charge in [0.05, 0.1) is 31.4 Å². The first-order chi connectivity index (χ1) is 18.8. The van der Waals surface area contributed by atoms with Gasteiger partial charge in [0.15, 0.2) is 5.78 Å². The Kier molecular flexibility index (Phi) is 7.53. The van der Waals surface area contributed by atoms with E-state index in [2.05, 4.69) is 0 Å². The van der Waals surface area contributed by atoms with Crippen LogP contribution in [0.25, 0.3) is 0 Å². The third kappa shape index (κ3) is 4.73. The molecule has 1 aliphatic heterocycles. The van der Waals surface area contributed by atoms with Gasteiger partial charge in [0, 0.05) is 32.1 Å². The Bertz CT molecular complexity index is 1500. The van der Waals surface area contributed by atoms with Crippen molar-refractivity contribution in [2.75, 3.05) is 19.1 Å². The second kappa shape index (κ2) is 10.9. The smallest absolute Gasteiger partial charge is 0.338 e. The van der Waals surface area contributed by atoms with Gasteiger partial charge in [-0.1, -0.05) is 59.6 Å². The van der Waals surface area contributed by atoms with Crippen LogP contribution in [-0.2, 0) is 23.9 Å². The Balaban J connectivity index is 1.83. The summed E-state index contributed by atoms with van der Waals surface area (Å²) in [5, 5.41) is 2.55. The maximum atomic E-state index is 14.5. The summed E-state index contributed by atoms with van der Waals surface area (Å²) >= 11 is 14.1. The molecular weight excluding hydrogens is 559 g/mol. The number of allylic oxidation sites excluding steroid dienone is 2. The monoisotopic (exact) mass is 582 g/mol. The minimum Gasteiger partial charge on any atom is -0.468 e. The maximum Gasteiger partial charge on any atom is 0.338 e. The van der Waals surface area contributed by atoms with Crippen LogP contribution in [0.5, 0.6) is 0 Å². The Morgan fingerprint density at radius 1 is 1.00 bits per heavy atom. The Morgan fingerprint density at radius 2 is 1.69 bits per heavy atom. The van der Waals surface area contributed by atoms with Crippen molar-refractivity contribution in [2.24, 2.45) is 11.7 Å². The van der Waals surface area contributed by atoms with E-state index in [0.717, 1.165) is 5.56 Å². The lowest BCUT2D eigenvalue weighted by Crippen LogP contribution is -2.46. The maximum absolute atomic E-state index is 14.5. The SMILES string of the molecule is COC(=O)C1=C(N)N(c2cc(Cl)cc(Cl)c2)C2=C(C(=O)[C@@H](C(=O)OC)[C@@H](c3ccccc3)C2)[C@@H]1c1cccs1. The third-order valence-electron chi connectivity index (χ3n) is 7.06. The molecule has 10 heteroatoms. The zero-order chi connectivity index (χ0) is 27.8. The Hall–Kier alpha value is -3.59. The lowest BCUT2D eigenvalue weighted by atomic mass is 9.68. The van der Waals surface area contributed by atoms with Gasteiger partial charge in [-0.15, -0.1) is 11.3 Å². The van der Waals surface area contributed by atoms with E-state index in [4.69, 9.17) is 38.4 Å². The van der Waals surface area contributed by atoms with Crippen molar-refractivity contribution in [1.29, 1.82) is 0 Å². The fraction of sp³-hybridized carbons (Fsp3) is 0.207. The molecular formula is C29H24Cl2N2O5S. The van der Waals surface area contributed by atoms with E-state index in [9.17, 15) is 14.4 Å². The van der Waals surface area contributed by atoms with Gasteiger partial charge in [-0.3, -0.25) is 14.5 Å². The summed E-state index contributed by atoms with van der Waals surface area (Å²) in [6.07, 6.45) is 0.256. The normalized spacial score (nSPS) is 21.1. The first-order valence-corrected chi connectivity index (χ1v) is 13.7. The fourth-order valence-corrected chi connectivity index (χ4v) is 6.81. The van der Waals surface area contributed by atoms with Gasteiger partial charge in [-0.2, -0.15) is 0 Å². The summed E-state index contributed by atoms with van der Waals surface area (Å²) in [6, 6.07) is 17.8. The molecule has 5 rings (SSSR count). The lowest BCUT2D eigenvalue weighted by molar-refractivity contribution is -0.150. The van der Waals surface area contributed by atoms with Crippen LogP contribution >= 0.6 is 34.5 Å². The van der Waals surface area contributed by atoms with Crippen LogP contribution in [0, 0.1) is 5.92 Å². The molecule has 0 saturated heterocycles. The quantitative estimate of drug-likeness (QED) is 0.299. The molecule has 7 nitrogen and oxygen atoms in total. The van der Waals surface area contributed by atoms with Gasteiger partial charge in [0.1, 0.15) is 11.7 Å². The molecule has 3 aromatic rings. The number of anilines is 1. The van der Waals surface area contributed by atoms with Gasteiger partial charge in [0.25, 0.3) is 0 Å². The highest BCUT2D eigenvalue weighted by atomic mass is 35.5. The van der Waals surface area contributed by atoms with Crippen LogP contribution in [0.1, 0.15) is 28.7 Å². The highest BCUT2D eigenvalue weighted by Crippen LogP contribution is 2.52. The predicted molar refractivity (Wildman–Crippen MR) is 151 cm³/mol. The fourth-order valence-electron chi connectivity index (χ4n) is 5.45. The Labute approximate surface area is 239 Å². The molecule has 0 spiro atoms. The van der Waals surface area contributed by atoms with Crippen molar-refractivity contribution in [3.63, 3.8) is 0 Å². The van der Waals surface area contributed by atoms with Crippen molar-refractivity contribution in [2.45, 2.75) is 18.3 Å². The molecule has 0 amide bonds. The number of rotatable bonds is 5. The molecule has 39 heavy (non-hydrogen) atoms. The zero-order valence-electron chi connectivity index (χ0n) is 21.0. The van der Waals surface area contributed by atoms with E-state index in [1.165, 1.54) is 25.6 Å². The number of carbonyl (C=O) groups is 3. The topological polar surface area (TPSA) is 98.9 Å². The molecule has 0 unspecified atom stereocenters. The van der Waals surface area contributed by atoms with E-state index in [-0.39, 0.29) is 23.4 Å². The van der Waals surface area contributed by atoms with Crippen LogP contribution in [-0.4, -0.2) is 31.9 Å². The molecule has 3 atom stereocenters. The molecule has 1 aliphatic carbocycles.